The van der Waals surface area contributed by atoms with Crippen molar-refractivity contribution < 1.29 is 9.47 Å². The molecule has 1 heterocycles. The van der Waals surface area contributed by atoms with Gasteiger partial charge in [-0.15, -0.1) is 0 Å². The van der Waals surface area contributed by atoms with E-state index in [4.69, 9.17) is 9.47 Å². The fraction of sp³-hybridized carbons (Fsp3) is 0.250. The monoisotopic (exact) mass is 348 g/mol. The molecular formula is C24H28O2. The zero-order valence-electron chi connectivity index (χ0n) is 15.7. The van der Waals surface area contributed by atoms with E-state index in [9.17, 15) is 0 Å². The predicted molar refractivity (Wildman–Crippen MR) is 110 cm³/mol. The molecule has 1 fully saturated rings. The van der Waals surface area contributed by atoms with E-state index in [2.05, 4.69) is 62.4 Å². The number of hydrogen-bond acceptors (Lipinski definition) is 2. The molecule has 3 aromatic rings. The van der Waals surface area contributed by atoms with E-state index in [1.807, 2.05) is 42.5 Å². The lowest BCUT2D eigenvalue weighted by Gasteiger charge is -2.01. The standard InChI is InChI=1S/C12H10.C9H10O2.C3H8/c1-3-7-11(8-4-1)12-9-5-2-6-10-12;1-2-4-8(5-3-1)10-6-9-7-11-9;1-3-2/h1-10H;1-5,9H,6-7H2;3H2,1-2H3. The Balaban J connectivity index is 0.000000163. The Kier molecular flexibility index (Phi) is 9.02. The number of rotatable bonds is 4. The second-order valence-electron chi connectivity index (χ2n) is 6.02. The number of para-hydroxylation sites is 1. The number of hydrogen-bond donors (Lipinski definition) is 0. The summed E-state index contributed by atoms with van der Waals surface area (Å²) in [5, 5.41) is 0. The molecule has 1 unspecified atom stereocenters. The number of ether oxygens (including phenoxy) is 2. The Labute approximate surface area is 157 Å². The van der Waals surface area contributed by atoms with Crippen LogP contribution in [-0.2, 0) is 4.74 Å². The maximum atomic E-state index is 5.40. The van der Waals surface area contributed by atoms with Crippen LogP contribution < -0.4 is 4.74 Å². The van der Waals surface area contributed by atoms with Crippen molar-refractivity contribution in [3.63, 3.8) is 0 Å². The van der Waals surface area contributed by atoms with Crippen LogP contribution in [0, 0.1) is 0 Å². The average molecular weight is 348 g/mol. The Hall–Kier alpha value is -2.58. The van der Waals surface area contributed by atoms with Gasteiger partial charge < -0.3 is 9.47 Å². The van der Waals surface area contributed by atoms with Gasteiger partial charge in [-0.1, -0.05) is 99.1 Å². The zero-order valence-corrected chi connectivity index (χ0v) is 15.7. The highest BCUT2D eigenvalue weighted by Gasteiger charge is 2.22. The lowest BCUT2D eigenvalue weighted by Crippen LogP contribution is -2.03. The first-order chi connectivity index (χ1) is 12.8. The van der Waals surface area contributed by atoms with Gasteiger partial charge in [-0.05, 0) is 23.3 Å². The molecule has 0 aromatic heterocycles. The molecule has 2 heteroatoms. The molecule has 1 saturated heterocycles. The third kappa shape index (κ3) is 8.00. The third-order valence-electron chi connectivity index (χ3n) is 3.46. The number of epoxide rings is 1. The van der Waals surface area contributed by atoms with E-state index in [1.54, 1.807) is 0 Å². The number of benzene rings is 3. The van der Waals surface area contributed by atoms with Gasteiger partial charge in [0, 0.05) is 0 Å². The molecule has 2 nitrogen and oxygen atoms in total. The summed E-state index contributed by atoms with van der Waals surface area (Å²) in [5.74, 6) is 0.919. The van der Waals surface area contributed by atoms with E-state index in [1.165, 1.54) is 17.5 Å². The largest absolute Gasteiger partial charge is 0.491 e. The Morgan fingerprint density at radius 2 is 1.12 bits per heavy atom. The van der Waals surface area contributed by atoms with Gasteiger partial charge in [0.25, 0.3) is 0 Å². The fourth-order valence-electron chi connectivity index (χ4n) is 2.13. The highest BCUT2D eigenvalue weighted by atomic mass is 16.6. The van der Waals surface area contributed by atoms with E-state index in [-0.39, 0.29) is 0 Å². The summed E-state index contributed by atoms with van der Waals surface area (Å²) in [4.78, 5) is 0. The molecule has 3 aromatic carbocycles. The first-order valence-electron chi connectivity index (χ1n) is 9.23. The van der Waals surface area contributed by atoms with Gasteiger partial charge in [0.2, 0.25) is 0 Å². The van der Waals surface area contributed by atoms with Gasteiger partial charge in [-0.2, -0.15) is 0 Å². The van der Waals surface area contributed by atoms with Crippen LogP contribution in [0.1, 0.15) is 20.3 Å². The van der Waals surface area contributed by atoms with Gasteiger partial charge in [0.15, 0.2) is 0 Å². The normalized spacial score (nSPS) is 14.2. The fourth-order valence-corrected chi connectivity index (χ4v) is 2.13. The van der Waals surface area contributed by atoms with Gasteiger partial charge in [0.05, 0.1) is 6.61 Å². The van der Waals surface area contributed by atoms with Crippen LogP contribution >= 0.6 is 0 Å². The molecule has 0 N–H and O–H groups in total. The minimum atomic E-state index is 0.343. The van der Waals surface area contributed by atoms with Crippen LogP contribution in [0.5, 0.6) is 5.75 Å². The zero-order chi connectivity index (χ0) is 18.5. The molecule has 1 atom stereocenters. The molecule has 1 aliphatic heterocycles. The first-order valence-corrected chi connectivity index (χ1v) is 9.23. The maximum absolute atomic E-state index is 5.40. The van der Waals surface area contributed by atoms with Crippen LogP contribution in [0.25, 0.3) is 11.1 Å². The van der Waals surface area contributed by atoms with Crippen molar-refractivity contribution in [3.05, 3.63) is 91.0 Å². The summed E-state index contributed by atoms with van der Waals surface area (Å²) in [6, 6.07) is 30.6. The predicted octanol–water partition coefficient (Wildman–Crippen LogP) is 6.23. The average Bonchev–Trinajstić information content (AvgIpc) is 3.54. The quantitative estimate of drug-likeness (QED) is 0.521. The lowest BCUT2D eigenvalue weighted by molar-refractivity contribution is 0.263. The summed E-state index contributed by atoms with van der Waals surface area (Å²) in [7, 11) is 0. The van der Waals surface area contributed by atoms with E-state index >= 15 is 0 Å². The summed E-state index contributed by atoms with van der Waals surface area (Å²) >= 11 is 0. The van der Waals surface area contributed by atoms with Gasteiger partial charge >= 0.3 is 0 Å². The molecule has 0 saturated carbocycles. The molecule has 26 heavy (non-hydrogen) atoms. The highest BCUT2D eigenvalue weighted by Crippen LogP contribution is 2.17. The van der Waals surface area contributed by atoms with Crippen molar-refractivity contribution in [2.75, 3.05) is 13.2 Å². The van der Waals surface area contributed by atoms with Crippen molar-refractivity contribution in [1.82, 2.24) is 0 Å². The Bertz CT molecular complexity index is 655. The van der Waals surface area contributed by atoms with Gasteiger partial charge in [-0.3, -0.25) is 0 Å². The second kappa shape index (κ2) is 11.9. The summed E-state index contributed by atoms with van der Waals surface area (Å²) in [5.41, 5.74) is 2.55. The third-order valence-corrected chi connectivity index (χ3v) is 3.46. The Morgan fingerprint density at radius 3 is 1.50 bits per heavy atom. The molecular weight excluding hydrogens is 320 g/mol. The Morgan fingerprint density at radius 1 is 0.731 bits per heavy atom. The van der Waals surface area contributed by atoms with E-state index in [0.717, 1.165) is 12.4 Å². The van der Waals surface area contributed by atoms with Crippen molar-refractivity contribution in [1.29, 1.82) is 0 Å². The van der Waals surface area contributed by atoms with Crippen LogP contribution in [0.2, 0.25) is 0 Å². The second-order valence-corrected chi connectivity index (χ2v) is 6.02. The van der Waals surface area contributed by atoms with Crippen molar-refractivity contribution in [2.45, 2.75) is 26.4 Å². The van der Waals surface area contributed by atoms with Gasteiger partial charge in [-0.25, -0.2) is 0 Å². The van der Waals surface area contributed by atoms with Crippen LogP contribution in [-0.4, -0.2) is 19.3 Å². The molecule has 0 aliphatic carbocycles. The van der Waals surface area contributed by atoms with Crippen molar-refractivity contribution in [2.24, 2.45) is 0 Å². The molecule has 1 aliphatic rings. The maximum Gasteiger partial charge on any atom is 0.119 e. The summed E-state index contributed by atoms with van der Waals surface area (Å²) < 4.78 is 10.4. The highest BCUT2D eigenvalue weighted by molar-refractivity contribution is 5.62. The SMILES string of the molecule is CCC.c1ccc(-c2ccccc2)cc1.c1ccc(OCC2CO2)cc1. The molecule has 0 amide bonds. The van der Waals surface area contributed by atoms with Crippen molar-refractivity contribution >= 4 is 0 Å². The van der Waals surface area contributed by atoms with Gasteiger partial charge in [0.1, 0.15) is 18.5 Å². The minimum absolute atomic E-state index is 0.343. The smallest absolute Gasteiger partial charge is 0.119 e. The molecule has 0 radical (unpaired) electrons. The van der Waals surface area contributed by atoms with Crippen molar-refractivity contribution in [3.8, 4) is 16.9 Å². The van der Waals surface area contributed by atoms with E-state index in [0.29, 0.717) is 12.7 Å². The molecule has 4 rings (SSSR count). The molecule has 0 bridgehead atoms. The first kappa shape index (κ1) is 19.7. The molecule has 0 spiro atoms. The molecule has 136 valence electrons. The van der Waals surface area contributed by atoms with Crippen LogP contribution in [0.15, 0.2) is 91.0 Å². The summed E-state index contributed by atoms with van der Waals surface area (Å²) in [6.07, 6.45) is 1.59. The van der Waals surface area contributed by atoms with Crippen LogP contribution in [0.3, 0.4) is 0 Å². The topological polar surface area (TPSA) is 21.8 Å². The summed E-state index contributed by atoms with van der Waals surface area (Å²) in [6.45, 7) is 5.79. The van der Waals surface area contributed by atoms with Crippen LogP contribution in [0.4, 0.5) is 0 Å². The lowest BCUT2D eigenvalue weighted by atomic mass is 10.1. The minimum Gasteiger partial charge on any atom is -0.491 e. The van der Waals surface area contributed by atoms with E-state index < -0.39 is 0 Å².